The molecule has 0 bridgehead atoms. The Morgan fingerprint density at radius 3 is 2.69 bits per heavy atom. The van der Waals surface area contributed by atoms with Gasteiger partial charge < -0.3 is 15.2 Å². The molecule has 4 nitrogen and oxygen atoms in total. The molecule has 16 heavy (non-hydrogen) atoms. The van der Waals surface area contributed by atoms with Gasteiger partial charge in [-0.3, -0.25) is 0 Å². The Morgan fingerprint density at radius 1 is 1.50 bits per heavy atom. The van der Waals surface area contributed by atoms with Gasteiger partial charge in [0.05, 0.1) is 7.11 Å². The molecule has 1 aromatic rings. The molecule has 0 heterocycles. The fraction of sp³-hybridized carbons (Fsp3) is 0.417. The lowest BCUT2D eigenvalue weighted by Crippen LogP contribution is -2.21. The highest BCUT2D eigenvalue weighted by Gasteiger charge is 2.10. The lowest BCUT2D eigenvalue weighted by molar-refractivity contribution is 0.0693. The highest BCUT2D eigenvalue weighted by atomic mass is 16.5. The normalized spacial score (nSPS) is 10.5. The summed E-state index contributed by atoms with van der Waals surface area (Å²) in [6, 6.07) is 5.50. The summed E-state index contributed by atoms with van der Waals surface area (Å²) in [6.07, 6.45) is 0. The zero-order chi connectivity index (χ0) is 12.1. The van der Waals surface area contributed by atoms with Crippen molar-refractivity contribution in [2.75, 3.05) is 7.11 Å². The second-order valence-electron chi connectivity index (χ2n) is 3.88. The van der Waals surface area contributed by atoms with Crippen molar-refractivity contribution in [1.29, 1.82) is 0 Å². The average molecular weight is 223 g/mol. The van der Waals surface area contributed by atoms with Crippen LogP contribution >= 0.6 is 0 Å². The number of ether oxygens (including phenoxy) is 1. The van der Waals surface area contributed by atoms with Gasteiger partial charge in [0.15, 0.2) is 0 Å². The highest BCUT2D eigenvalue weighted by molar-refractivity contribution is 5.90. The van der Waals surface area contributed by atoms with Crippen LogP contribution in [0.4, 0.5) is 0 Å². The van der Waals surface area contributed by atoms with E-state index in [1.165, 1.54) is 7.11 Å². The molecular weight excluding hydrogens is 206 g/mol. The first-order chi connectivity index (χ1) is 7.54. The lowest BCUT2D eigenvalue weighted by atomic mass is 10.1. The number of benzene rings is 1. The molecule has 0 amide bonds. The van der Waals surface area contributed by atoms with Gasteiger partial charge in [0, 0.05) is 12.6 Å². The van der Waals surface area contributed by atoms with Crippen LogP contribution in [0.1, 0.15) is 29.8 Å². The molecule has 4 heteroatoms. The molecule has 1 rings (SSSR count). The largest absolute Gasteiger partial charge is 0.496 e. The van der Waals surface area contributed by atoms with Crippen LogP contribution in [0.25, 0.3) is 0 Å². The minimum absolute atomic E-state index is 0.191. The molecular formula is C12H17NO3. The second kappa shape index (κ2) is 5.51. The Morgan fingerprint density at radius 2 is 2.19 bits per heavy atom. The van der Waals surface area contributed by atoms with Crippen molar-refractivity contribution in [3.05, 3.63) is 29.3 Å². The van der Waals surface area contributed by atoms with E-state index < -0.39 is 5.97 Å². The van der Waals surface area contributed by atoms with Crippen LogP contribution in [0.2, 0.25) is 0 Å². The minimum Gasteiger partial charge on any atom is -0.496 e. The number of aromatic carboxylic acids is 1. The van der Waals surface area contributed by atoms with Gasteiger partial charge in [0.2, 0.25) is 0 Å². The van der Waals surface area contributed by atoms with E-state index in [-0.39, 0.29) is 5.56 Å². The highest BCUT2D eigenvalue weighted by Crippen LogP contribution is 2.20. The fourth-order valence-corrected chi connectivity index (χ4v) is 1.34. The molecule has 0 aliphatic heterocycles. The van der Waals surface area contributed by atoms with Crippen LogP contribution in [0.5, 0.6) is 5.75 Å². The predicted octanol–water partition coefficient (Wildman–Crippen LogP) is 1.89. The van der Waals surface area contributed by atoms with Crippen molar-refractivity contribution in [2.45, 2.75) is 26.4 Å². The van der Waals surface area contributed by atoms with Crippen LogP contribution in [0.3, 0.4) is 0 Å². The summed E-state index contributed by atoms with van der Waals surface area (Å²) in [4.78, 5) is 10.9. The third-order valence-electron chi connectivity index (χ3n) is 2.21. The van der Waals surface area contributed by atoms with Crippen molar-refractivity contribution in [3.8, 4) is 5.75 Å². The quantitative estimate of drug-likeness (QED) is 0.800. The number of carboxylic acid groups (broad SMARTS) is 1. The smallest absolute Gasteiger partial charge is 0.339 e. The average Bonchev–Trinajstić information content (AvgIpc) is 2.25. The number of methoxy groups -OCH3 is 1. The Labute approximate surface area is 95.2 Å². The van der Waals surface area contributed by atoms with Gasteiger partial charge in [-0.1, -0.05) is 19.9 Å². The third kappa shape index (κ3) is 3.24. The van der Waals surface area contributed by atoms with Crippen LogP contribution in [-0.2, 0) is 6.54 Å². The van der Waals surface area contributed by atoms with Crippen molar-refractivity contribution in [1.82, 2.24) is 5.32 Å². The molecule has 0 unspecified atom stereocenters. The first-order valence-corrected chi connectivity index (χ1v) is 5.18. The zero-order valence-corrected chi connectivity index (χ0v) is 9.78. The van der Waals surface area contributed by atoms with Crippen LogP contribution < -0.4 is 10.1 Å². The number of carboxylic acids is 1. The van der Waals surface area contributed by atoms with Gasteiger partial charge in [0.25, 0.3) is 0 Å². The first-order valence-electron chi connectivity index (χ1n) is 5.18. The summed E-state index contributed by atoms with van der Waals surface area (Å²) in [6.45, 7) is 4.82. The second-order valence-corrected chi connectivity index (χ2v) is 3.88. The van der Waals surface area contributed by atoms with Crippen molar-refractivity contribution < 1.29 is 14.6 Å². The Bertz CT molecular complexity index is 375. The van der Waals surface area contributed by atoms with Crippen molar-refractivity contribution >= 4 is 5.97 Å². The summed E-state index contributed by atoms with van der Waals surface area (Å²) in [5, 5.41) is 12.2. The first kappa shape index (κ1) is 12.5. The molecule has 88 valence electrons. The number of hydrogen-bond acceptors (Lipinski definition) is 3. The number of carbonyl (C=O) groups is 1. The van der Waals surface area contributed by atoms with Gasteiger partial charge in [-0.15, -0.1) is 0 Å². The maximum atomic E-state index is 10.9. The van der Waals surface area contributed by atoms with E-state index in [1.54, 1.807) is 18.2 Å². The standard InChI is InChI=1S/C12H17NO3/c1-8(2)13-7-9-4-5-10(12(14)15)11(6-9)16-3/h4-6,8,13H,7H2,1-3H3,(H,14,15). The Balaban J connectivity index is 2.86. The lowest BCUT2D eigenvalue weighted by Gasteiger charge is -2.10. The molecule has 0 spiro atoms. The summed E-state index contributed by atoms with van der Waals surface area (Å²) >= 11 is 0. The summed E-state index contributed by atoms with van der Waals surface area (Å²) < 4.78 is 5.05. The molecule has 0 radical (unpaired) electrons. The van der Waals surface area contributed by atoms with Gasteiger partial charge >= 0.3 is 5.97 Å². The molecule has 0 atom stereocenters. The Hall–Kier alpha value is -1.55. The number of nitrogens with one attached hydrogen (secondary N) is 1. The van der Waals surface area contributed by atoms with Gasteiger partial charge in [0.1, 0.15) is 11.3 Å². The van der Waals surface area contributed by atoms with E-state index >= 15 is 0 Å². The van der Waals surface area contributed by atoms with Crippen LogP contribution in [0.15, 0.2) is 18.2 Å². The van der Waals surface area contributed by atoms with E-state index in [9.17, 15) is 4.79 Å². The fourth-order valence-electron chi connectivity index (χ4n) is 1.34. The number of hydrogen-bond donors (Lipinski definition) is 2. The molecule has 0 saturated carbocycles. The van der Waals surface area contributed by atoms with Crippen molar-refractivity contribution in [2.24, 2.45) is 0 Å². The third-order valence-corrected chi connectivity index (χ3v) is 2.21. The maximum Gasteiger partial charge on any atom is 0.339 e. The summed E-state index contributed by atoms with van der Waals surface area (Å²) in [5.41, 5.74) is 1.20. The molecule has 1 aromatic carbocycles. The SMILES string of the molecule is COc1cc(CNC(C)C)ccc1C(=O)O. The van der Waals surface area contributed by atoms with Crippen LogP contribution in [0, 0.1) is 0 Å². The van der Waals surface area contributed by atoms with Gasteiger partial charge in [-0.25, -0.2) is 4.79 Å². The molecule has 0 aliphatic rings. The topological polar surface area (TPSA) is 58.6 Å². The molecule has 0 aromatic heterocycles. The molecule has 0 fully saturated rings. The van der Waals surface area contributed by atoms with Crippen LogP contribution in [-0.4, -0.2) is 24.2 Å². The predicted molar refractivity (Wildman–Crippen MR) is 61.9 cm³/mol. The monoisotopic (exact) mass is 223 g/mol. The number of rotatable bonds is 5. The molecule has 0 aliphatic carbocycles. The van der Waals surface area contributed by atoms with E-state index in [0.29, 0.717) is 18.3 Å². The summed E-state index contributed by atoms with van der Waals surface area (Å²) in [7, 11) is 1.47. The maximum absolute atomic E-state index is 10.9. The Kier molecular flexibility index (Phi) is 4.31. The van der Waals surface area contributed by atoms with Gasteiger partial charge in [-0.05, 0) is 17.7 Å². The van der Waals surface area contributed by atoms with E-state index in [2.05, 4.69) is 19.2 Å². The van der Waals surface area contributed by atoms with E-state index in [4.69, 9.17) is 9.84 Å². The molecule has 0 saturated heterocycles. The zero-order valence-electron chi connectivity index (χ0n) is 9.78. The van der Waals surface area contributed by atoms with E-state index in [0.717, 1.165) is 5.56 Å². The minimum atomic E-state index is -0.972. The molecule has 2 N–H and O–H groups in total. The van der Waals surface area contributed by atoms with Crippen molar-refractivity contribution in [3.63, 3.8) is 0 Å². The van der Waals surface area contributed by atoms with E-state index in [1.807, 2.05) is 0 Å². The summed E-state index contributed by atoms with van der Waals surface area (Å²) in [5.74, 6) is -0.573. The van der Waals surface area contributed by atoms with Gasteiger partial charge in [-0.2, -0.15) is 0 Å².